The molecule has 0 aromatic carbocycles. The maximum Gasteiger partial charge on any atom is 0.0707 e. The van der Waals surface area contributed by atoms with Crippen molar-refractivity contribution in [1.82, 2.24) is 10.2 Å². The van der Waals surface area contributed by atoms with Gasteiger partial charge < -0.3 is 15.0 Å². The molecule has 1 heterocycles. The normalized spacial score (nSPS) is 29.8. The molecule has 2 rings (SSSR count). The molecule has 1 aliphatic heterocycles. The Labute approximate surface area is 106 Å². The fraction of sp³-hybridized carbons (Fsp3) is 1.00. The monoisotopic (exact) mass is 240 g/mol. The van der Waals surface area contributed by atoms with Crippen molar-refractivity contribution in [3.05, 3.63) is 0 Å². The predicted molar refractivity (Wildman–Crippen MR) is 71.3 cm³/mol. The fourth-order valence-corrected chi connectivity index (χ4v) is 2.80. The van der Waals surface area contributed by atoms with Crippen LogP contribution in [-0.2, 0) is 4.74 Å². The van der Waals surface area contributed by atoms with Crippen molar-refractivity contribution < 1.29 is 4.74 Å². The van der Waals surface area contributed by atoms with Gasteiger partial charge in [0.05, 0.1) is 12.2 Å². The number of likely N-dealkylation sites (N-methyl/N-ethyl adjacent to an activating group) is 1. The van der Waals surface area contributed by atoms with Crippen LogP contribution in [0.2, 0.25) is 0 Å². The summed E-state index contributed by atoms with van der Waals surface area (Å²) in [6.07, 6.45) is 8.84. The summed E-state index contributed by atoms with van der Waals surface area (Å²) >= 11 is 0. The van der Waals surface area contributed by atoms with Crippen LogP contribution in [0.15, 0.2) is 0 Å². The number of hydrogen-bond acceptors (Lipinski definition) is 3. The van der Waals surface area contributed by atoms with Gasteiger partial charge in [0.1, 0.15) is 0 Å². The van der Waals surface area contributed by atoms with Crippen LogP contribution < -0.4 is 5.32 Å². The molecule has 3 heteroatoms. The highest BCUT2D eigenvalue weighted by Crippen LogP contribution is 2.26. The minimum atomic E-state index is 0.460. The minimum absolute atomic E-state index is 0.460. The van der Waals surface area contributed by atoms with Gasteiger partial charge in [0.2, 0.25) is 0 Å². The van der Waals surface area contributed by atoms with Crippen LogP contribution in [0.4, 0.5) is 0 Å². The number of ether oxygens (including phenoxy) is 1. The number of nitrogens with zero attached hydrogens (tertiary/aromatic N) is 1. The molecule has 0 radical (unpaired) electrons. The summed E-state index contributed by atoms with van der Waals surface area (Å²) in [5, 5.41) is 3.46. The lowest BCUT2D eigenvalue weighted by Gasteiger charge is -2.36. The van der Waals surface area contributed by atoms with Crippen molar-refractivity contribution in [3.63, 3.8) is 0 Å². The lowest BCUT2D eigenvalue weighted by Crippen LogP contribution is -2.41. The van der Waals surface area contributed by atoms with Gasteiger partial charge in [0.25, 0.3) is 0 Å². The van der Waals surface area contributed by atoms with E-state index in [1.807, 2.05) is 0 Å². The number of rotatable bonds is 7. The standard InChI is InChI=1S/C14H28N2O/c1-3-9-15-10-13-7-8-14(17-13)11-16(2)12-5-4-6-12/h12-15H,3-11H2,1-2H3. The summed E-state index contributed by atoms with van der Waals surface area (Å²) in [7, 11) is 2.26. The third kappa shape index (κ3) is 3.94. The van der Waals surface area contributed by atoms with Crippen LogP contribution in [-0.4, -0.2) is 49.8 Å². The lowest BCUT2D eigenvalue weighted by atomic mass is 9.91. The van der Waals surface area contributed by atoms with E-state index >= 15 is 0 Å². The summed E-state index contributed by atoms with van der Waals surface area (Å²) in [5.74, 6) is 0. The van der Waals surface area contributed by atoms with Gasteiger partial charge in [-0.2, -0.15) is 0 Å². The first-order valence-corrected chi connectivity index (χ1v) is 7.36. The van der Waals surface area contributed by atoms with E-state index in [-0.39, 0.29) is 0 Å². The highest BCUT2D eigenvalue weighted by Gasteiger charge is 2.29. The van der Waals surface area contributed by atoms with E-state index in [0.29, 0.717) is 12.2 Å². The fourth-order valence-electron chi connectivity index (χ4n) is 2.80. The van der Waals surface area contributed by atoms with E-state index in [4.69, 9.17) is 4.74 Å². The summed E-state index contributed by atoms with van der Waals surface area (Å²) in [6, 6.07) is 0.843. The van der Waals surface area contributed by atoms with Gasteiger partial charge in [0.15, 0.2) is 0 Å². The molecular weight excluding hydrogens is 212 g/mol. The number of nitrogens with one attached hydrogen (secondary N) is 1. The second-order valence-electron chi connectivity index (χ2n) is 5.69. The minimum Gasteiger partial charge on any atom is -0.372 e. The molecule has 2 fully saturated rings. The molecule has 0 amide bonds. The van der Waals surface area contributed by atoms with E-state index in [9.17, 15) is 0 Å². The molecule has 3 nitrogen and oxygen atoms in total. The number of hydrogen-bond donors (Lipinski definition) is 1. The average Bonchev–Trinajstić information content (AvgIpc) is 2.63. The van der Waals surface area contributed by atoms with Crippen molar-refractivity contribution in [3.8, 4) is 0 Å². The largest absolute Gasteiger partial charge is 0.372 e. The van der Waals surface area contributed by atoms with E-state index in [1.165, 1.54) is 38.5 Å². The van der Waals surface area contributed by atoms with Crippen LogP contribution in [0.3, 0.4) is 0 Å². The third-order valence-electron chi connectivity index (χ3n) is 4.18. The molecule has 100 valence electrons. The highest BCUT2D eigenvalue weighted by atomic mass is 16.5. The molecule has 2 aliphatic rings. The van der Waals surface area contributed by atoms with Gasteiger partial charge in [-0.3, -0.25) is 0 Å². The Morgan fingerprint density at radius 3 is 2.59 bits per heavy atom. The van der Waals surface area contributed by atoms with Crippen LogP contribution in [0, 0.1) is 0 Å². The first-order valence-electron chi connectivity index (χ1n) is 7.36. The Balaban J connectivity index is 1.60. The van der Waals surface area contributed by atoms with Crippen molar-refractivity contribution in [2.75, 3.05) is 26.7 Å². The van der Waals surface area contributed by atoms with Crippen LogP contribution in [0.1, 0.15) is 45.4 Å². The van der Waals surface area contributed by atoms with Crippen molar-refractivity contribution in [2.24, 2.45) is 0 Å². The molecule has 17 heavy (non-hydrogen) atoms. The van der Waals surface area contributed by atoms with Crippen LogP contribution >= 0.6 is 0 Å². The predicted octanol–water partition coefficient (Wildman–Crippen LogP) is 2.02. The Bertz CT molecular complexity index is 218. The maximum atomic E-state index is 6.09. The second-order valence-corrected chi connectivity index (χ2v) is 5.69. The summed E-state index contributed by atoms with van der Waals surface area (Å²) in [6.45, 7) is 5.50. The van der Waals surface area contributed by atoms with Gasteiger partial charge >= 0.3 is 0 Å². The van der Waals surface area contributed by atoms with Gasteiger partial charge in [-0.1, -0.05) is 13.3 Å². The molecule has 1 saturated heterocycles. The third-order valence-corrected chi connectivity index (χ3v) is 4.18. The zero-order valence-corrected chi connectivity index (χ0v) is 11.5. The molecule has 1 N–H and O–H groups in total. The lowest BCUT2D eigenvalue weighted by molar-refractivity contribution is 0.0126. The molecule has 0 bridgehead atoms. The van der Waals surface area contributed by atoms with E-state index < -0.39 is 0 Å². The summed E-state index contributed by atoms with van der Waals surface area (Å²) in [5.41, 5.74) is 0. The molecule has 0 aromatic heterocycles. The molecule has 2 unspecified atom stereocenters. The Kier molecular flexibility index (Phi) is 5.26. The molecule has 0 aromatic rings. The SMILES string of the molecule is CCCNCC1CCC(CN(C)C2CCC2)O1. The van der Waals surface area contributed by atoms with Gasteiger partial charge in [0, 0.05) is 19.1 Å². The highest BCUT2D eigenvalue weighted by molar-refractivity contribution is 4.82. The Hall–Kier alpha value is -0.120. The van der Waals surface area contributed by atoms with E-state index in [1.54, 1.807) is 0 Å². The van der Waals surface area contributed by atoms with Gasteiger partial charge in [-0.15, -0.1) is 0 Å². The molecule has 2 atom stereocenters. The Morgan fingerprint density at radius 1 is 1.18 bits per heavy atom. The van der Waals surface area contributed by atoms with E-state index in [0.717, 1.165) is 25.7 Å². The van der Waals surface area contributed by atoms with Crippen LogP contribution in [0.5, 0.6) is 0 Å². The molecule has 0 spiro atoms. The average molecular weight is 240 g/mol. The quantitative estimate of drug-likeness (QED) is 0.689. The van der Waals surface area contributed by atoms with E-state index in [2.05, 4.69) is 24.2 Å². The molecule has 1 aliphatic carbocycles. The molecule has 1 saturated carbocycles. The van der Waals surface area contributed by atoms with Crippen molar-refractivity contribution >= 4 is 0 Å². The smallest absolute Gasteiger partial charge is 0.0707 e. The zero-order chi connectivity index (χ0) is 12.1. The van der Waals surface area contributed by atoms with Gasteiger partial charge in [-0.05, 0) is 45.7 Å². The molecular formula is C14H28N2O. The first kappa shape index (κ1) is 13.3. The topological polar surface area (TPSA) is 24.5 Å². The first-order chi connectivity index (χ1) is 8.29. The van der Waals surface area contributed by atoms with Crippen LogP contribution in [0.25, 0.3) is 0 Å². The Morgan fingerprint density at radius 2 is 1.94 bits per heavy atom. The second kappa shape index (κ2) is 6.72. The summed E-state index contributed by atoms with van der Waals surface area (Å²) < 4.78 is 6.09. The van der Waals surface area contributed by atoms with Crippen molar-refractivity contribution in [2.45, 2.75) is 63.7 Å². The zero-order valence-electron chi connectivity index (χ0n) is 11.5. The van der Waals surface area contributed by atoms with Crippen molar-refractivity contribution in [1.29, 1.82) is 0 Å². The van der Waals surface area contributed by atoms with Gasteiger partial charge in [-0.25, -0.2) is 0 Å². The summed E-state index contributed by atoms with van der Waals surface area (Å²) in [4.78, 5) is 2.51. The maximum absolute atomic E-state index is 6.09.